The van der Waals surface area contributed by atoms with Crippen LogP contribution in [0.25, 0.3) is 0 Å². The van der Waals surface area contributed by atoms with Crippen molar-refractivity contribution in [2.45, 2.75) is 45.6 Å². The predicted molar refractivity (Wildman–Crippen MR) is 68.9 cm³/mol. The fourth-order valence-corrected chi connectivity index (χ4v) is 2.05. The molecule has 18 heavy (non-hydrogen) atoms. The molecule has 2 N–H and O–H groups in total. The quantitative estimate of drug-likeness (QED) is 0.753. The lowest BCUT2D eigenvalue weighted by Crippen LogP contribution is -2.47. The van der Waals surface area contributed by atoms with Gasteiger partial charge in [-0.3, -0.25) is 9.59 Å². The third-order valence-corrected chi connectivity index (χ3v) is 3.35. The second-order valence-corrected chi connectivity index (χ2v) is 5.23. The van der Waals surface area contributed by atoms with Gasteiger partial charge in [-0.1, -0.05) is 20.3 Å². The number of nitrogens with zero attached hydrogens (tertiary/aromatic N) is 1. The molecule has 0 aromatic carbocycles. The number of nitrogens with one attached hydrogen (secondary N) is 1. The normalized spacial score (nSPS) is 18.7. The maximum atomic E-state index is 11.8. The summed E-state index contributed by atoms with van der Waals surface area (Å²) >= 11 is 0. The van der Waals surface area contributed by atoms with E-state index in [-0.39, 0.29) is 36.9 Å². The Hall–Kier alpha value is -1.10. The summed E-state index contributed by atoms with van der Waals surface area (Å²) < 4.78 is 0. The van der Waals surface area contributed by atoms with Gasteiger partial charge in [0.25, 0.3) is 0 Å². The Morgan fingerprint density at radius 2 is 2.11 bits per heavy atom. The van der Waals surface area contributed by atoms with E-state index >= 15 is 0 Å². The van der Waals surface area contributed by atoms with Crippen molar-refractivity contribution >= 4 is 11.8 Å². The van der Waals surface area contributed by atoms with Crippen LogP contribution in [0.15, 0.2) is 0 Å². The Morgan fingerprint density at radius 1 is 1.39 bits per heavy atom. The number of aliphatic hydroxyl groups is 1. The lowest BCUT2D eigenvalue weighted by Gasteiger charge is -2.24. The molecule has 1 aliphatic rings. The lowest BCUT2D eigenvalue weighted by molar-refractivity contribution is -0.136. The highest BCUT2D eigenvalue weighted by molar-refractivity contribution is 5.85. The summed E-state index contributed by atoms with van der Waals surface area (Å²) in [6.45, 7) is 4.59. The molecule has 104 valence electrons. The first kappa shape index (κ1) is 15.0. The second kappa shape index (κ2) is 7.36. The summed E-state index contributed by atoms with van der Waals surface area (Å²) in [6.07, 6.45) is 3.48. The Bertz CT molecular complexity index is 292. The summed E-state index contributed by atoms with van der Waals surface area (Å²) in [4.78, 5) is 25.2. The van der Waals surface area contributed by atoms with Crippen LogP contribution < -0.4 is 5.32 Å². The second-order valence-electron chi connectivity index (χ2n) is 5.23. The molecule has 1 atom stereocenters. The van der Waals surface area contributed by atoms with Crippen molar-refractivity contribution in [2.24, 2.45) is 5.92 Å². The number of carbonyl (C=O) groups is 2. The average Bonchev–Trinajstić information content (AvgIpc) is 2.51. The highest BCUT2D eigenvalue weighted by Gasteiger charge is 2.21. The Labute approximate surface area is 109 Å². The van der Waals surface area contributed by atoms with Crippen molar-refractivity contribution in [2.75, 3.05) is 19.7 Å². The summed E-state index contributed by atoms with van der Waals surface area (Å²) in [5.74, 6) is 0.0598. The van der Waals surface area contributed by atoms with E-state index in [1.54, 1.807) is 4.90 Å². The molecule has 5 heteroatoms. The number of rotatable bonds is 5. The van der Waals surface area contributed by atoms with Gasteiger partial charge in [-0.05, 0) is 18.8 Å². The average molecular weight is 256 g/mol. The van der Waals surface area contributed by atoms with Gasteiger partial charge in [0, 0.05) is 13.0 Å². The number of hydrogen-bond acceptors (Lipinski definition) is 3. The smallest absolute Gasteiger partial charge is 0.239 e. The Morgan fingerprint density at radius 3 is 2.72 bits per heavy atom. The van der Waals surface area contributed by atoms with E-state index < -0.39 is 0 Å². The van der Waals surface area contributed by atoms with E-state index in [0.717, 1.165) is 19.3 Å². The molecule has 0 aromatic rings. The minimum absolute atomic E-state index is 0.0627. The molecule has 0 spiro atoms. The minimum Gasteiger partial charge on any atom is -0.394 e. The molecule has 1 rings (SSSR count). The molecule has 1 fully saturated rings. The highest BCUT2D eigenvalue weighted by Crippen LogP contribution is 2.10. The van der Waals surface area contributed by atoms with Crippen molar-refractivity contribution in [3.05, 3.63) is 0 Å². The molecular weight excluding hydrogens is 232 g/mol. The van der Waals surface area contributed by atoms with Crippen LogP contribution in [0.5, 0.6) is 0 Å². The van der Waals surface area contributed by atoms with E-state index in [9.17, 15) is 9.59 Å². The molecule has 2 amide bonds. The predicted octanol–water partition coefficient (Wildman–Crippen LogP) is 0.522. The molecule has 1 saturated heterocycles. The number of likely N-dealkylation sites (tertiary alicyclic amines) is 1. The zero-order chi connectivity index (χ0) is 13.5. The summed E-state index contributed by atoms with van der Waals surface area (Å²) in [5.41, 5.74) is 0. The first-order chi connectivity index (χ1) is 8.54. The fraction of sp³-hybridized carbons (Fsp3) is 0.846. The zero-order valence-corrected chi connectivity index (χ0v) is 11.3. The van der Waals surface area contributed by atoms with Crippen LogP contribution in [0.1, 0.15) is 39.5 Å². The minimum atomic E-state index is -0.236. The SMILES string of the molecule is CC(C)C(CO)NC(=O)CN1CCCCCC1=O. The lowest BCUT2D eigenvalue weighted by atomic mass is 10.1. The maximum Gasteiger partial charge on any atom is 0.239 e. The molecule has 1 heterocycles. The molecule has 0 saturated carbocycles. The zero-order valence-electron chi connectivity index (χ0n) is 11.3. The van der Waals surface area contributed by atoms with E-state index in [1.165, 1.54) is 0 Å². The van der Waals surface area contributed by atoms with Gasteiger partial charge in [-0.2, -0.15) is 0 Å². The van der Waals surface area contributed by atoms with Crippen LogP contribution in [0.3, 0.4) is 0 Å². The standard InChI is InChI=1S/C13H24N2O3/c1-10(2)11(9-16)14-12(17)8-15-7-5-3-4-6-13(15)18/h10-11,16H,3-9H2,1-2H3,(H,14,17). The van der Waals surface area contributed by atoms with Gasteiger partial charge < -0.3 is 15.3 Å². The summed E-state index contributed by atoms with van der Waals surface area (Å²) in [6, 6.07) is -0.236. The Kier molecular flexibility index (Phi) is 6.12. The van der Waals surface area contributed by atoms with Gasteiger partial charge in [-0.15, -0.1) is 0 Å². The van der Waals surface area contributed by atoms with Gasteiger partial charge in [0.1, 0.15) is 0 Å². The molecule has 5 nitrogen and oxygen atoms in total. The van der Waals surface area contributed by atoms with Crippen LogP contribution in [-0.2, 0) is 9.59 Å². The van der Waals surface area contributed by atoms with Crippen LogP contribution in [-0.4, -0.2) is 47.6 Å². The van der Waals surface area contributed by atoms with E-state index in [2.05, 4.69) is 5.32 Å². The molecule has 0 bridgehead atoms. The first-order valence-electron chi connectivity index (χ1n) is 6.72. The van der Waals surface area contributed by atoms with Gasteiger partial charge in [0.05, 0.1) is 19.2 Å². The number of amides is 2. The Balaban J connectivity index is 2.45. The molecular formula is C13H24N2O3. The molecule has 1 unspecified atom stereocenters. The first-order valence-corrected chi connectivity index (χ1v) is 6.72. The molecule has 1 aliphatic heterocycles. The molecule has 0 radical (unpaired) electrons. The number of carbonyl (C=O) groups excluding carboxylic acids is 2. The number of aliphatic hydroxyl groups excluding tert-OH is 1. The number of hydrogen-bond donors (Lipinski definition) is 2. The fourth-order valence-electron chi connectivity index (χ4n) is 2.05. The third-order valence-electron chi connectivity index (χ3n) is 3.35. The highest BCUT2D eigenvalue weighted by atomic mass is 16.3. The maximum absolute atomic E-state index is 11.8. The van der Waals surface area contributed by atoms with Crippen molar-refractivity contribution in [1.29, 1.82) is 0 Å². The summed E-state index contributed by atoms with van der Waals surface area (Å²) in [5, 5.41) is 11.9. The van der Waals surface area contributed by atoms with Crippen LogP contribution in [0.4, 0.5) is 0 Å². The van der Waals surface area contributed by atoms with Crippen molar-refractivity contribution in [1.82, 2.24) is 10.2 Å². The van der Waals surface area contributed by atoms with E-state index in [4.69, 9.17) is 5.11 Å². The van der Waals surface area contributed by atoms with Crippen LogP contribution in [0, 0.1) is 5.92 Å². The topological polar surface area (TPSA) is 69.6 Å². The van der Waals surface area contributed by atoms with E-state index in [0.29, 0.717) is 13.0 Å². The van der Waals surface area contributed by atoms with Gasteiger partial charge >= 0.3 is 0 Å². The van der Waals surface area contributed by atoms with Crippen molar-refractivity contribution in [3.63, 3.8) is 0 Å². The third kappa shape index (κ3) is 4.64. The van der Waals surface area contributed by atoms with Crippen LogP contribution >= 0.6 is 0 Å². The summed E-state index contributed by atoms with van der Waals surface area (Å²) in [7, 11) is 0. The molecule has 0 aliphatic carbocycles. The largest absolute Gasteiger partial charge is 0.394 e. The van der Waals surface area contributed by atoms with Gasteiger partial charge in [0.15, 0.2) is 0 Å². The van der Waals surface area contributed by atoms with Gasteiger partial charge in [0.2, 0.25) is 11.8 Å². The van der Waals surface area contributed by atoms with Crippen molar-refractivity contribution < 1.29 is 14.7 Å². The molecule has 0 aromatic heterocycles. The van der Waals surface area contributed by atoms with E-state index in [1.807, 2.05) is 13.8 Å². The monoisotopic (exact) mass is 256 g/mol. The van der Waals surface area contributed by atoms with Crippen molar-refractivity contribution in [3.8, 4) is 0 Å². The van der Waals surface area contributed by atoms with Crippen LogP contribution in [0.2, 0.25) is 0 Å². The van der Waals surface area contributed by atoms with Gasteiger partial charge in [-0.25, -0.2) is 0 Å².